The largest absolute Gasteiger partial charge is 0.313 e. The highest BCUT2D eigenvalue weighted by Crippen LogP contribution is 2.28. The molecule has 0 radical (unpaired) electrons. The maximum atomic E-state index is 3.69. The predicted molar refractivity (Wildman–Crippen MR) is 85.8 cm³/mol. The van der Waals surface area contributed by atoms with Gasteiger partial charge in [-0.2, -0.15) is 23.5 Å². The Balaban J connectivity index is 1.85. The molecular formula is C15H23NS2. The van der Waals surface area contributed by atoms with E-state index < -0.39 is 0 Å². The van der Waals surface area contributed by atoms with Gasteiger partial charge in [-0.05, 0) is 24.9 Å². The number of aryl methyl sites for hydroxylation is 1. The Morgan fingerprint density at radius 3 is 2.78 bits per heavy atom. The minimum Gasteiger partial charge on any atom is -0.313 e. The summed E-state index contributed by atoms with van der Waals surface area (Å²) in [4.78, 5) is 0. The third kappa shape index (κ3) is 4.52. The van der Waals surface area contributed by atoms with Gasteiger partial charge in [0.1, 0.15) is 0 Å². The molecule has 0 spiro atoms. The number of nitrogens with one attached hydrogen (secondary N) is 1. The Kier molecular flexibility index (Phi) is 6.46. The highest BCUT2D eigenvalue weighted by atomic mass is 32.2. The molecule has 1 aromatic rings. The van der Waals surface area contributed by atoms with Gasteiger partial charge < -0.3 is 5.32 Å². The van der Waals surface area contributed by atoms with E-state index in [2.05, 4.69) is 66.1 Å². The van der Waals surface area contributed by atoms with Gasteiger partial charge in [-0.3, -0.25) is 0 Å². The molecule has 3 heteroatoms. The smallest absolute Gasteiger partial charge is 0.0292 e. The van der Waals surface area contributed by atoms with Gasteiger partial charge in [0, 0.05) is 28.6 Å². The van der Waals surface area contributed by atoms with Crippen LogP contribution in [0.4, 0.5) is 0 Å². The van der Waals surface area contributed by atoms with E-state index in [0.717, 1.165) is 11.8 Å². The first-order valence-corrected chi connectivity index (χ1v) is 9.07. The lowest BCUT2D eigenvalue weighted by Gasteiger charge is -2.30. The molecule has 0 amide bonds. The molecule has 0 bridgehead atoms. The van der Waals surface area contributed by atoms with E-state index in [1.807, 2.05) is 0 Å². The fourth-order valence-corrected chi connectivity index (χ4v) is 5.32. The second-order valence-corrected chi connectivity index (χ2v) is 7.17. The fourth-order valence-electron chi connectivity index (χ4n) is 2.39. The van der Waals surface area contributed by atoms with Crippen LogP contribution in [0, 0.1) is 0 Å². The van der Waals surface area contributed by atoms with Crippen molar-refractivity contribution in [3.63, 3.8) is 0 Å². The maximum Gasteiger partial charge on any atom is 0.0292 e. The molecule has 18 heavy (non-hydrogen) atoms. The standard InChI is InChI=1S/C15H23NS2/c1-2-16-14(15-12-17-10-11-18-15)9-8-13-6-4-3-5-7-13/h3-7,14-16H,2,8-12H2,1H3. The van der Waals surface area contributed by atoms with Gasteiger partial charge in [-0.1, -0.05) is 37.3 Å². The van der Waals surface area contributed by atoms with Crippen LogP contribution >= 0.6 is 23.5 Å². The second kappa shape index (κ2) is 8.13. The van der Waals surface area contributed by atoms with Crippen molar-refractivity contribution in [2.24, 2.45) is 0 Å². The van der Waals surface area contributed by atoms with E-state index in [1.165, 1.54) is 35.7 Å². The van der Waals surface area contributed by atoms with E-state index in [4.69, 9.17) is 0 Å². The molecule has 1 N–H and O–H groups in total. The molecule has 1 saturated heterocycles. The molecule has 1 aromatic carbocycles. The zero-order valence-electron chi connectivity index (χ0n) is 11.1. The zero-order chi connectivity index (χ0) is 12.6. The number of benzene rings is 1. The first kappa shape index (κ1) is 14.3. The van der Waals surface area contributed by atoms with Gasteiger partial charge in [-0.15, -0.1) is 0 Å². The third-order valence-corrected chi connectivity index (χ3v) is 6.26. The lowest BCUT2D eigenvalue weighted by Crippen LogP contribution is -2.41. The Morgan fingerprint density at radius 2 is 2.11 bits per heavy atom. The average molecular weight is 281 g/mol. The minimum absolute atomic E-state index is 0.674. The predicted octanol–water partition coefficient (Wildman–Crippen LogP) is 3.45. The minimum atomic E-state index is 0.674. The summed E-state index contributed by atoms with van der Waals surface area (Å²) in [6.45, 7) is 3.30. The van der Waals surface area contributed by atoms with Crippen molar-refractivity contribution in [3.8, 4) is 0 Å². The van der Waals surface area contributed by atoms with Crippen molar-refractivity contribution in [3.05, 3.63) is 35.9 Å². The molecule has 1 fully saturated rings. The van der Waals surface area contributed by atoms with Crippen molar-refractivity contribution >= 4 is 23.5 Å². The van der Waals surface area contributed by atoms with Gasteiger partial charge in [0.15, 0.2) is 0 Å². The van der Waals surface area contributed by atoms with Crippen LogP contribution in [0.1, 0.15) is 18.9 Å². The summed E-state index contributed by atoms with van der Waals surface area (Å²) in [5.41, 5.74) is 1.47. The Labute approximate surface area is 120 Å². The van der Waals surface area contributed by atoms with E-state index in [1.54, 1.807) is 0 Å². The van der Waals surface area contributed by atoms with Crippen molar-refractivity contribution in [1.82, 2.24) is 5.32 Å². The summed E-state index contributed by atoms with van der Waals surface area (Å²) in [5, 5.41) is 4.49. The van der Waals surface area contributed by atoms with E-state index >= 15 is 0 Å². The van der Waals surface area contributed by atoms with Crippen molar-refractivity contribution in [2.75, 3.05) is 23.8 Å². The van der Waals surface area contributed by atoms with Crippen LogP contribution in [0.5, 0.6) is 0 Å². The first-order valence-electron chi connectivity index (χ1n) is 6.87. The summed E-state index contributed by atoms with van der Waals surface area (Å²) in [7, 11) is 0. The molecule has 1 aliphatic heterocycles. The van der Waals surface area contributed by atoms with Gasteiger partial charge in [0.05, 0.1) is 0 Å². The van der Waals surface area contributed by atoms with Crippen LogP contribution < -0.4 is 5.32 Å². The lowest BCUT2D eigenvalue weighted by atomic mass is 10.0. The summed E-state index contributed by atoms with van der Waals surface area (Å²) < 4.78 is 0. The molecule has 0 saturated carbocycles. The van der Waals surface area contributed by atoms with Crippen LogP contribution in [-0.4, -0.2) is 35.1 Å². The number of thioether (sulfide) groups is 2. The Hall–Kier alpha value is -0.120. The summed E-state index contributed by atoms with van der Waals surface area (Å²) in [5.74, 6) is 3.97. The molecule has 100 valence electrons. The highest BCUT2D eigenvalue weighted by Gasteiger charge is 2.23. The molecular weight excluding hydrogens is 258 g/mol. The topological polar surface area (TPSA) is 12.0 Å². The molecule has 1 nitrogen and oxygen atoms in total. The Morgan fingerprint density at radius 1 is 1.28 bits per heavy atom. The molecule has 0 aliphatic carbocycles. The highest BCUT2D eigenvalue weighted by molar-refractivity contribution is 8.06. The molecule has 2 rings (SSSR count). The fraction of sp³-hybridized carbons (Fsp3) is 0.600. The number of rotatable bonds is 6. The lowest BCUT2D eigenvalue weighted by molar-refractivity contribution is 0.492. The van der Waals surface area contributed by atoms with Crippen molar-refractivity contribution in [1.29, 1.82) is 0 Å². The molecule has 2 atom stereocenters. The second-order valence-electron chi connectivity index (χ2n) is 4.67. The van der Waals surface area contributed by atoms with Crippen LogP contribution in [0.15, 0.2) is 30.3 Å². The Bertz CT molecular complexity index is 323. The summed E-state index contributed by atoms with van der Waals surface area (Å²) in [6.07, 6.45) is 2.45. The van der Waals surface area contributed by atoms with Gasteiger partial charge in [0.25, 0.3) is 0 Å². The molecule has 1 aliphatic rings. The van der Waals surface area contributed by atoms with Crippen LogP contribution in [0.25, 0.3) is 0 Å². The quantitative estimate of drug-likeness (QED) is 0.858. The van der Waals surface area contributed by atoms with Gasteiger partial charge in [-0.25, -0.2) is 0 Å². The van der Waals surface area contributed by atoms with Crippen molar-refractivity contribution in [2.45, 2.75) is 31.1 Å². The molecule has 0 aromatic heterocycles. The van der Waals surface area contributed by atoms with Crippen LogP contribution in [0.2, 0.25) is 0 Å². The SMILES string of the molecule is CCNC(CCc1ccccc1)C1CSCCS1. The van der Waals surface area contributed by atoms with E-state index in [0.29, 0.717) is 6.04 Å². The van der Waals surface area contributed by atoms with Crippen molar-refractivity contribution < 1.29 is 0 Å². The summed E-state index contributed by atoms with van der Waals surface area (Å²) >= 11 is 4.28. The van der Waals surface area contributed by atoms with Crippen LogP contribution in [0.3, 0.4) is 0 Å². The van der Waals surface area contributed by atoms with Gasteiger partial charge >= 0.3 is 0 Å². The zero-order valence-corrected chi connectivity index (χ0v) is 12.7. The van der Waals surface area contributed by atoms with Gasteiger partial charge in [0.2, 0.25) is 0 Å². The average Bonchev–Trinajstić information content (AvgIpc) is 2.45. The van der Waals surface area contributed by atoms with Crippen LogP contribution in [-0.2, 0) is 6.42 Å². The maximum absolute atomic E-state index is 3.69. The first-order chi connectivity index (χ1) is 8.90. The summed E-state index contributed by atoms with van der Waals surface area (Å²) in [6, 6.07) is 11.5. The van der Waals surface area contributed by atoms with E-state index in [9.17, 15) is 0 Å². The molecule has 2 unspecified atom stereocenters. The van der Waals surface area contributed by atoms with E-state index in [-0.39, 0.29) is 0 Å². The number of hydrogen-bond acceptors (Lipinski definition) is 3. The monoisotopic (exact) mass is 281 g/mol. The normalized spacial score (nSPS) is 21.7. The third-order valence-electron chi connectivity index (χ3n) is 3.34. The molecule has 1 heterocycles. The number of hydrogen-bond donors (Lipinski definition) is 1.